The van der Waals surface area contributed by atoms with Crippen molar-refractivity contribution in [2.75, 3.05) is 17.2 Å². The normalized spacial score (nSPS) is 10.4. The lowest BCUT2D eigenvalue weighted by Gasteiger charge is -2.10. The van der Waals surface area contributed by atoms with Crippen LogP contribution in [-0.2, 0) is 0 Å². The molecule has 1 aromatic carbocycles. The summed E-state index contributed by atoms with van der Waals surface area (Å²) in [7, 11) is 0. The van der Waals surface area contributed by atoms with E-state index in [9.17, 15) is 0 Å². The number of hydrogen-bond acceptors (Lipinski definition) is 4. The third-order valence-electron chi connectivity index (χ3n) is 2.71. The Morgan fingerprint density at radius 1 is 1.20 bits per heavy atom. The molecule has 0 amide bonds. The summed E-state index contributed by atoms with van der Waals surface area (Å²) in [6.45, 7) is 4.85. The third kappa shape index (κ3) is 3.74. The summed E-state index contributed by atoms with van der Waals surface area (Å²) in [5.74, 6) is 1.11. The quantitative estimate of drug-likeness (QED) is 0.843. The number of anilines is 3. The van der Waals surface area contributed by atoms with E-state index < -0.39 is 0 Å². The second kappa shape index (κ2) is 6.77. The minimum absolute atomic E-state index is 0.462. The van der Waals surface area contributed by atoms with E-state index >= 15 is 0 Å². The van der Waals surface area contributed by atoms with Crippen LogP contribution in [0.1, 0.15) is 18.9 Å². The van der Waals surface area contributed by atoms with Crippen molar-refractivity contribution in [3.05, 3.63) is 40.0 Å². The fourth-order valence-electron chi connectivity index (χ4n) is 1.58. The van der Waals surface area contributed by atoms with Crippen LogP contribution in [0.4, 0.5) is 17.5 Å². The van der Waals surface area contributed by atoms with Crippen molar-refractivity contribution < 1.29 is 0 Å². The second-order valence-corrected chi connectivity index (χ2v) is 5.22. The zero-order valence-electron chi connectivity index (χ0n) is 11.4. The molecule has 6 heteroatoms. The smallest absolute Gasteiger partial charge is 0.224 e. The summed E-state index contributed by atoms with van der Waals surface area (Å²) in [6.07, 6.45) is 2.58. The minimum Gasteiger partial charge on any atom is -0.354 e. The Hall–Kier alpha value is -1.52. The van der Waals surface area contributed by atoms with Crippen LogP contribution in [-0.4, -0.2) is 16.5 Å². The van der Waals surface area contributed by atoms with Gasteiger partial charge in [0, 0.05) is 17.3 Å². The summed E-state index contributed by atoms with van der Waals surface area (Å²) in [4.78, 5) is 8.48. The first-order valence-corrected chi connectivity index (χ1v) is 7.15. The van der Waals surface area contributed by atoms with Crippen molar-refractivity contribution in [2.24, 2.45) is 0 Å². The van der Waals surface area contributed by atoms with Crippen molar-refractivity contribution in [3.8, 4) is 0 Å². The van der Waals surface area contributed by atoms with Gasteiger partial charge >= 0.3 is 0 Å². The van der Waals surface area contributed by atoms with Crippen LogP contribution < -0.4 is 10.6 Å². The first-order valence-electron chi connectivity index (χ1n) is 6.39. The minimum atomic E-state index is 0.462. The van der Waals surface area contributed by atoms with E-state index in [1.54, 1.807) is 6.20 Å². The van der Waals surface area contributed by atoms with Gasteiger partial charge < -0.3 is 10.6 Å². The van der Waals surface area contributed by atoms with Crippen LogP contribution in [0.3, 0.4) is 0 Å². The van der Waals surface area contributed by atoms with Gasteiger partial charge in [-0.25, -0.2) is 4.98 Å². The van der Waals surface area contributed by atoms with Crippen LogP contribution in [0.25, 0.3) is 0 Å². The predicted octanol–water partition coefficient (Wildman–Crippen LogP) is 4.66. The fraction of sp³-hybridized carbons (Fsp3) is 0.286. The highest BCUT2D eigenvalue weighted by atomic mass is 35.5. The number of rotatable bonds is 5. The van der Waals surface area contributed by atoms with Gasteiger partial charge in [0.1, 0.15) is 5.02 Å². The number of nitrogens with one attached hydrogen (secondary N) is 2. The standard InChI is InChI=1S/C14H16Cl2N4/c1-3-6-17-14-18-8-12(16)13(20-14)19-10-5-4-9(2)11(15)7-10/h4-5,7-8H,3,6H2,1-2H3,(H2,17,18,19,20). The van der Waals surface area contributed by atoms with E-state index in [1.165, 1.54) is 0 Å². The molecule has 0 radical (unpaired) electrons. The predicted molar refractivity (Wildman–Crippen MR) is 85.3 cm³/mol. The van der Waals surface area contributed by atoms with Gasteiger partial charge in [-0.1, -0.05) is 36.2 Å². The average Bonchev–Trinajstić information content (AvgIpc) is 2.44. The highest BCUT2D eigenvalue weighted by Gasteiger charge is 2.06. The van der Waals surface area contributed by atoms with E-state index in [1.807, 2.05) is 25.1 Å². The Labute approximate surface area is 128 Å². The molecule has 1 aromatic heterocycles. The largest absolute Gasteiger partial charge is 0.354 e. The molecule has 0 aliphatic heterocycles. The number of nitrogens with zero attached hydrogens (tertiary/aromatic N) is 2. The Morgan fingerprint density at radius 3 is 2.70 bits per heavy atom. The van der Waals surface area contributed by atoms with E-state index in [0.717, 1.165) is 24.2 Å². The molecular weight excluding hydrogens is 295 g/mol. The molecule has 0 fully saturated rings. The number of halogens is 2. The Kier molecular flexibility index (Phi) is 5.04. The highest BCUT2D eigenvalue weighted by Crippen LogP contribution is 2.26. The van der Waals surface area contributed by atoms with Gasteiger partial charge in [-0.3, -0.25) is 0 Å². The molecule has 0 aliphatic rings. The second-order valence-electron chi connectivity index (χ2n) is 4.41. The molecular formula is C14H16Cl2N4. The van der Waals surface area contributed by atoms with Gasteiger partial charge in [0.05, 0.1) is 6.20 Å². The molecule has 0 unspecified atom stereocenters. The summed E-state index contributed by atoms with van der Waals surface area (Å²) in [6, 6.07) is 5.71. The van der Waals surface area contributed by atoms with E-state index in [2.05, 4.69) is 27.5 Å². The number of benzene rings is 1. The molecule has 4 nitrogen and oxygen atoms in total. The topological polar surface area (TPSA) is 49.8 Å². The fourth-order valence-corrected chi connectivity index (χ4v) is 1.90. The van der Waals surface area contributed by atoms with Crippen LogP contribution in [0.5, 0.6) is 0 Å². The molecule has 0 saturated heterocycles. The van der Waals surface area contributed by atoms with Crippen molar-refractivity contribution in [2.45, 2.75) is 20.3 Å². The molecule has 0 saturated carbocycles. The maximum Gasteiger partial charge on any atom is 0.224 e. The zero-order valence-corrected chi connectivity index (χ0v) is 12.9. The monoisotopic (exact) mass is 310 g/mol. The first-order chi connectivity index (χ1) is 9.60. The van der Waals surface area contributed by atoms with Gasteiger partial charge in [0.15, 0.2) is 5.82 Å². The number of aromatic nitrogens is 2. The Bertz CT molecular complexity index is 602. The Morgan fingerprint density at radius 2 is 2.00 bits per heavy atom. The van der Waals surface area contributed by atoms with Gasteiger partial charge in [0.2, 0.25) is 5.95 Å². The lowest BCUT2D eigenvalue weighted by molar-refractivity contribution is 0.953. The molecule has 1 heterocycles. The van der Waals surface area contributed by atoms with E-state index in [0.29, 0.717) is 21.8 Å². The highest BCUT2D eigenvalue weighted by molar-refractivity contribution is 6.33. The van der Waals surface area contributed by atoms with Crippen molar-refractivity contribution in [1.29, 1.82) is 0 Å². The maximum atomic E-state index is 6.10. The van der Waals surface area contributed by atoms with Gasteiger partial charge in [-0.2, -0.15) is 4.98 Å². The van der Waals surface area contributed by atoms with Crippen LogP contribution >= 0.6 is 23.2 Å². The first kappa shape index (κ1) is 14.9. The molecule has 2 rings (SSSR count). The molecule has 0 atom stereocenters. The number of aryl methyl sites for hydroxylation is 1. The molecule has 20 heavy (non-hydrogen) atoms. The number of hydrogen-bond donors (Lipinski definition) is 2. The maximum absolute atomic E-state index is 6.10. The third-order valence-corrected chi connectivity index (χ3v) is 3.40. The van der Waals surface area contributed by atoms with Gasteiger partial charge in [0.25, 0.3) is 0 Å². The molecule has 0 aliphatic carbocycles. The summed E-state index contributed by atoms with van der Waals surface area (Å²) in [5, 5.41) is 7.43. The molecule has 2 N–H and O–H groups in total. The SMILES string of the molecule is CCCNc1ncc(Cl)c(Nc2ccc(C)c(Cl)c2)n1. The summed E-state index contributed by atoms with van der Waals surface area (Å²) >= 11 is 12.2. The molecule has 106 valence electrons. The summed E-state index contributed by atoms with van der Waals surface area (Å²) in [5.41, 5.74) is 1.86. The lowest BCUT2D eigenvalue weighted by Crippen LogP contribution is -2.06. The molecule has 2 aromatic rings. The van der Waals surface area contributed by atoms with Crippen LogP contribution in [0.2, 0.25) is 10.0 Å². The molecule has 0 spiro atoms. The van der Waals surface area contributed by atoms with Crippen molar-refractivity contribution >= 4 is 40.7 Å². The lowest BCUT2D eigenvalue weighted by atomic mass is 10.2. The van der Waals surface area contributed by atoms with E-state index in [-0.39, 0.29) is 0 Å². The summed E-state index contributed by atoms with van der Waals surface area (Å²) < 4.78 is 0. The molecule has 0 bridgehead atoms. The van der Waals surface area contributed by atoms with Gasteiger partial charge in [-0.05, 0) is 31.0 Å². The van der Waals surface area contributed by atoms with Crippen molar-refractivity contribution in [1.82, 2.24) is 9.97 Å². The van der Waals surface area contributed by atoms with Crippen molar-refractivity contribution in [3.63, 3.8) is 0 Å². The average molecular weight is 311 g/mol. The van der Waals surface area contributed by atoms with Gasteiger partial charge in [-0.15, -0.1) is 0 Å². The van der Waals surface area contributed by atoms with Crippen LogP contribution in [0.15, 0.2) is 24.4 Å². The zero-order chi connectivity index (χ0) is 14.5. The van der Waals surface area contributed by atoms with E-state index in [4.69, 9.17) is 23.2 Å². The Balaban J connectivity index is 2.20. The van der Waals surface area contributed by atoms with Crippen LogP contribution in [0, 0.1) is 6.92 Å².